The van der Waals surface area contributed by atoms with Gasteiger partial charge < -0.3 is 29.7 Å². The van der Waals surface area contributed by atoms with Crippen molar-refractivity contribution in [1.82, 2.24) is 30.3 Å². The molecule has 76 heavy (non-hydrogen) atoms. The molecule has 2 N–H and O–H groups in total. The minimum absolute atomic E-state index is 0.0119. The Morgan fingerprint density at radius 3 is 1.96 bits per heavy atom. The molecule has 0 spiro atoms. The zero-order valence-electron chi connectivity index (χ0n) is 41.8. The summed E-state index contributed by atoms with van der Waals surface area (Å²) in [5.41, 5.74) is 6.55. The van der Waals surface area contributed by atoms with Crippen LogP contribution in [0.15, 0.2) is 107 Å². The van der Waals surface area contributed by atoms with Gasteiger partial charge in [0, 0.05) is 64.6 Å². The Morgan fingerprint density at radius 1 is 0.737 bits per heavy atom. The molecular formula is C56H54Cl5N7O7S. The number of amides is 3. The summed E-state index contributed by atoms with van der Waals surface area (Å²) in [6, 6.07) is 25.4. The molecule has 4 heterocycles. The number of thiophene rings is 1. The van der Waals surface area contributed by atoms with E-state index in [1.165, 1.54) is 0 Å². The van der Waals surface area contributed by atoms with Gasteiger partial charge in [-0.25, -0.2) is 0 Å². The molecule has 396 valence electrons. The third-order valence-corrected chi connectivity index (χ3v) is 15.5. The standard InChI is InChI=1S/C56H54Cl5N7O7S/c1-33-34(2)76-56-51(33)52(39-11-13-42(57)14-12-39)64-47(54-66-65-35(3)68(54)56)30-50(70)62-18-20-74-22-24-75-23-21-73-19-17-49(69)63-48(29-36-7-5-4-6-8-36)55(72)67-31-40(25-37-9-15-43(58)45(60)27-37)53(71)41(32-67)26-38-10-16-44(59)46(61)28-38/h4-16,25-28,47-48H,17-24,29-32H2,1-3H3,(H,62,70)(H,63,69)/b40-25+,41-26+/t47-,48?/m0/s1. The number of carbonyl (C=O) groups is 4. The molecule has 0 radical (unpaired) electrons. The Hall–Kier alpha value is -5.72. The van der Waals surface area contributed by atoms with E-state index in [2.05, 4.69) is 34.7 Å². The molecule has 4 aromatic carbocycles. The minimum Gasteiger partial charge on any atom is -0.379 e. The Morgan fingerprint density at radius 2 is 1.34 bits per heavy atom. The lowest BCUT2D eigenvalue weighted by Crippen LogP contribution is -2.52. The molecule has 8 rings (SSSR count). The van der Waals surface area contributed by atoms with Gasteiger partial charge in [0.15, 0.2) is 11.6 Å². The smallest absolute Gasteiger partial charge is 0.246 e. The average Bonchev–Trinajstić information content (AvgIpc) is 3.89. The number of aromatic nitrogens is 3. The maximum absolute atomic E-state index is 14.5. The molecule has 1 unspecified atom stereocenters. The number of Topliss-reactive ketones (excluding diaryl/α,β-unsaturated/α-hetero) is 1. The number of ether oxygens (including phenoxy) is 3. The number of benzene rings is 4. The summed E-state index contributed by atoms with van der Waals surface area (Å²) in [6.45, 7) is 7.74. The lowest BCUT2D eigenvalue weighted by atomic mass is 9.93. The molecule has 1 fully saturated rings. The van der Waals surface area contributed by atoms with Gasteiger partial charge >= 0.3 is 0 Å². The van der Waals surface area contributed by atoms with Crippen molar-refractivity contribution in [3.63, 3.8) is 0 Å². The van der Waals surface area contributed by atoms with Crippen LogP contribution in [0.4, 0.5) is 0 Å². The minimum atomic E-state index is -0.960. The normalized spacial score (nSPS) is 15.8. The molecule has 2 aliphatic heterocycles. The number of ketones is 1. The van der Waals surface area contributed by atoms with Gasteiger partial charge in [0.05, 0.1) is 71.9 Å². The van der Waals surface area contributed by atoms with Crippen LogP contribution < -0.4 is 10.6 Å². The van der Waals surface area contributed by atoms with Crippen LogP contribution in [0.1, 0.15) is 68.8 Å². The summed E-state index contributed by atoms with van der Waals surface area (Å²) in [7, 11) is 0. The molecule has 3 amide bonds. The fourth-order valence-corrected chi connectivity index (χ4v) is 10.6. The third-order valence-electron chi connectivity index (χ3n) is 12.6. The van der Waals surface area contributed by atoms with E-state index >= 15 is 0 Å². The summed E-state index contributed by atoms with van der Waals surface area (Å²) in [5.74, 6) is 0.100. The highest BCUT2D eigenvalue weighted by Crippen LogP contribution is 2.40. The third kappa shape index (κ3) is 14.4. The van der Waals surface area contributed by atoms with E-state index < -0.39 is 12.1 Å². The van der Waals surface area contributed by atoms with Crippen LogP contribution in [-0.4, -0.2) is 114 Å². The number of likely N-dealkylation sites (tertiary alicyclic amines) is 1. The molecule has 6 aromatic rings. The zero-order valence-corrected chi connectivity index (χ0v) is 46.4. The Bertz CT molecular complexity index is 3120. The van der Waals surface area contributed by atoms with E-state index in [9.17, 15) is 19.2 Å². The number of piperidine rings is 1. The first kappa shape index (κ1) is 56.5. The van der Waals surface area contributed by atoms with E-state index in [1.54, 1.807) is 64.8 Å². The molecule has 14 nitrogen and oxygen atoms in total. The molecule has 2 aromatic heterocycles. The van der Waals surface area contributed by atoms with E-state index in [0.717, 1.165) is 37.8 Å². The molecule has 20 heteroatoms. The first-order valence-corrected chi connectivity index (χ1v) is 27.2. The van der Waals surface area contributed by atoms with E-state index in [1.807, 2.05) is 66.1 Å². The van der Waals surface area contributed by atoms with Crippen molar-refractivity contribution in [2.75, 3.05) is 59.3 Å². The fourth-order valence-electron chi connectivity index (χ4n) is 8.69. The van der Waals surface area contributed by atoms with Crippen molar-refractivity contribution in [2.24, 2.45) is 4.99 Å². The van der Waals surface area contributed by atoms with Gasteiger partial charge in [0.2, 0.25) is 17.7 Å². The van der Waals surface area contributed by atoms with Gasteiger partial charge in [-0.15, -0.1) is 21.5 Å². The number of hydrogen-bond acceptors (Lipinski definition) is 11. The average molecular weight is 1150 g/mol. The van der Waals surface area contributed by atoms with Crippen molar-refractivity contribution in [2.45, 2.75) is 52.1 Å². The van der Waals surface area contributed by atoms with Crippen molar-refractivity contribution >= 4 is 111 Å². The molecule has 2 aliphatic rings. The fraction of sp³-hybridized carbons (Fsp3) is 0.304. The zero-order chi connectivity index (χ0) is 53.9. The molecular weight excluding hydrogens is 1090 g/mol. The molecule has 1 saturated heterocycles. The predicted molar refractivity (Wildman–Crippen MR) is 301 cm³/mol. The highest BCUT2D eigenvalue weighted by molar-refractivity contribution is 7.15. The van der Waals surface area contributed by atoms with Crippen LogP contribution in [0.5, 0.6) is 0 Å². The highest BCUT2D eigenvalue weighted by atomic mass is 35.5. The topological polar surface area (TPSA) is 166 Å². The summed E-state index contributed by atoms with van der Waals surface area (Å²) >= 11 is 32.9. The lowest BCUT2D eigenvalue weighted by molar-refractivity contribution is -0.136. The van der Waals surface area contributed by atoms with Crippen LogP contribution in [0.2, 0.25) is 25.1 Å². The molecule has 2 atom stereocenters. The first-order valence-electron chi connectivity index (χ1n) is 24.5. The summed E-state index contributed by atoms with van der Waals surface area (Å²) in [4.78, 5) is 63.2. The SMILES string of the molecule is Cc1sc2c(c1C)C(c1ccc(Cl)cc1)=N[C@@H](CC(=O)NCCOCCOCCOCCC(=O)NC(Cc1ccccc1)C(=O)N1C/C(=C\c3ccc(Cl)c(Cl)c3)C(=O)/C(=C/c3ccc(Cl)c(Cl)c3)C1)c1nnc(C)n1-2. The van der Waals surface area contributed by atoms with Gasteiger partial charge in [0.1, 0.15) is 22.9 Å². The number of fused-ring (bicyclic) bond motifs is 3. The number of halogens is 5. The van der Waals surface area contributed by atoms with Gasteiger partial charge in [0.25, 0.3) is 0 Å². The van der Waals surface area contributed by atoms with E-state index in [4.69, 9.17) is 77.2 Å². The number of hydrogen-bond donors (Lipinski definition) is 2. The van der Waals surface area contributed by atoms with Gasteiger partial charge in [-0.3, -0.25) is 28.7 Å². The number of nitrogens with zero attached hydrogens (tertiary/aromatic N) is 5. The summed E-state index contributed by atoms with van der Waals surface area (Å²) in [5, 5.41) is 17.7. The number of carbonyl (C=O) groups excluding carboxylic acids is 4. The van der Waals surface area contributed by atoms with Gasteiger partial charge in [-0.2, -0.15) is 0 Å². The molecule has 0 aliphatic carbocycles. The Labute approximate surface area is 470 Å². The van der Waals surface area contributed by atoms with Crippen molar-refractivity contribution in [3.8, 4) is 5.00 Å². The molecule has 0 saturated carbocycles. The Balaban J connectivity index is 0.785. The quantitative estimate of drug-likeness (QED) is 0.0527. The maximum atomic E-state index is 14.5. The van der Waals surface area contributed by atoms with Crippen molar-refractivity contribution in [3.05, 3.63) is 177 Å². The number of nitrogens with one attached hydrogen (secondary N) is 2. The largest absolute Gasteiger partial charge is 0.379 e. The van der Waals surface area contributed by atoms with Crippen molar-refractivity contribution in [1.29, 1.82) is 0 Å². The summed E-state index contributed by atoms with van der Waals surface area (Å²) in [6.07, 6.45) is 3.62. The monoisotopic (exact) mass is 1140 g/mol. The van der Waals surface area contributed by atoms with Crippen LogP contribution in [0.25, 0.3) is 17.2 Å². The highest BCUT2D eigenvalue weighted by Gasteiger charge is 2.35. The Kier molecular flexibility index (Phi) is 19.7. The van der Waals surface area contributed by atoms with Gasteiger partial charge in [-0.1, -0.05) is 113 Å². The summed E-state index contributed by atoms with van der Waals surface area (Å²) < 4.78 is 19.1. The number of aryl methyl sites for hydroxylation is 2. The second-order valence-corrected chi connectivity index (χ2v) is 21.3. The molecule has 0 bridgehead atoms. The van der Waals surface area contributed by atoms with Crippen LogP contribution >= 0.6 is 69.3 Å². The van der Waals surface area contributed by atoms with E-state index in [-0.39, 0.29) is 88.8 Å². The maximum Gasteiger partial charge on any atom is 0.246 e. The van der Waals surface area contributed by atoms with Crippen molar-refractivity contribution < 1.29 is 33.4 Å². The second kappa shape index (κ2) is 26.6. The number of aliphatic imine (C=N–C) groups is 1. The van der Waals surface area contributed by atoms with Gasteiger partial charge in [-0.05, 0) is 91.6 Å². The van der Waals surface area contributed by atoms with E-state index in [0.29, 0.717) is 72.2 Å². The number of rotatable bonds is 21. The van der Waals surface area contributed by atoms with Crippen LogP contribution in [-0.2, 0) is 39.8 Å². The predicted octanol–water partition coefficient (Wildman–Crippen LogP) is 10.7. The first-order chi connectivity index (χ1) is 36.6. The van der Waals surface area contributed by atoms with Crippen LogP contribution in [0, 0.1) is 20.8 Å². The second-order valence-electron chi connectivity index (χ2n) is 18.1. The lowest BCUT2D eigenvalue weighted by Gasteiger charge is -2.33. The van der Waals surface area contributed by atoms with Crippen LogP contribution in [0.3, 0.4) is 0 Å².